The van der Waals surface area contributed by atoms with Gasteiger partial charge in [-0.05, 0) is 6.08 Å². The number of rotatable bonds is 1. The molecular weight excluding hydrogens is 117 g/mol. The van der Waals surface area contributed by atoms with Crippen LogP contribution in [0.4, 0.5) is 0 Å². The highest BCUT2D eigenvalue weighted by molar-refractivity contribution is 6.54. The lowest BCUT2D eigenvalue weighted by Crippen LogP contribution is -2.03. The van der Waals surface area contributed by atoms with Crippen molar-refractivity contribution in [3.05, 3.63) is 33.3 Å². The standard InChI is InChI=1S/C5H5BNO2/c1-4-2-3-5(6-4)7(8)9/h2-3H,1H3. The van der Waals surface area contributed by atoms with Crippen LogP contribution in [0.15, 0.2) is 23.2 Å². The largest absolute Gasteiger partial charge is 0.285 e. The zero-order valence-electron chi connectivity index (χ0n) is 5.00. The summed E-state index contributed by atoms with van der Waals surface area (Å²) in [4.78, 5) is 9.62. The van der Waals surface area contributed by atoms with Crippen LogP contribution in [-0.2, 0) is 0 Å². The van der Waals surface area contributed by atoms with Crippen molar-refractivity contribution in [3.8, 4) is 0 Å². The minimum absolute atomic E-state index is 0.174. The fourth-order valence-corrected chi connectivity index (χ4v) is 0.660. The average molecular weight is 122 g/mol. The van der Waals surface area contributed by atoms with Crippen molar-refractivity contribution in [3.63, 3.8) is 0 Å². The SMILES string of the molecule is CC1=CC=C([N+](=O)[O-])[B]1. The number of hydrogen-bond donors (Lipinski definition) is 0. The Kier molecular flexibility index (Phi) is 1.38. The third kappa shape index (κ3) is 1.19. The molecule has 1 aliphatic rings. The predicted molar refractivity (Wildman–Crippen MR) is 34.6 cm³/mol. The van der Waals surface area contributed by atoms with Crippen LogP contribution in [0.1, 0.15) is 6.92 Å². The smallest absolute Gasteiger partial charge is 0.259 e. The molecule has 0 aromatic heterocycles. The van der Waals surface area contributed by atoms with Crippen molar-refractivity contribution in [1.82, 2.24) is 0 Å². The quantitative estimate of drug-likeness (QED) is 0.292. The van der Waals surface area contributed by atoms with Gasteiger partial charge < -0.3 is 0 Å². The third-order valence-electron chi connectivity index (χ3n) is 1.10. The van der Waals surface area contributed by atoms with Crippen molar-refractivity contribution < 1.29 is 4.92 Å². The molecule has 0 bridgehead atoms. The van der Waals surface area contributed by atoms with Crippen LogP contribution in [0, 0.1) is 10.1 Å². The number of nitrogens with zero attached hydrogens (tertiary/aromatic N) is 1. The van der Waals surface area contributed by atoms with Crippen LogP contribution in [-0.4, -0.2) is 12.2 Å². The van der Waals surface area contributed by atoms with Crippen LogP contribution in [0.3, 0.4) is 0 Å². The van der Waals surface area contributed by atoms with E-state index >= 15 is 0 Å². The Morgan fingerprint density at radius 1 is 1.67 bits per heavy atom. The van der Waals surface area contributed by atoms with E-state index in [1.54, 1.807) is 13.4 Å². The summed E-state index contributed by atoms with van der Waals surface area (Å²) in [6.45, 7) is 1.83. The van der Waals surface area contributed by atoms with Gasteiger partial charge in [0.25, 0.3) is 7.28 Å². The molecule has 45 valence electrons. The summed E-state index contributed by atoms with van der Waals surface area (Å²) < 4.78 is 0. The molecule has 0 N–H and O–H groups in total. The Morgan fingerprint density at radius 2 is 2.33 bits per heavy atom. The molecule has 1 radical (unpaired) electrons. The minimum Gasteiger partial charge on any atom is -0.259 e. The van der Waals surface area contributed by atoms with Crippen molar-refractivity contribution in [1.29, 1.82) is 0 Å². The summed E-state index contributed by atoms with van der Waals surface area (Å²) in [5.41, 5.74) is 1.11. The van der Waals surface area contributed by atoms with Gasteiger partial charge in [-0.25, -0.2) is 0 Å². The Bertz CT molecular complexity index is 207. The second-order valence-electron chi connectivity index (χ2n) is 1.90. The molecule has 1 rings (SSSR count). The Hall–Kier alpha value is -1.06. The Labute approximate surface area is 53.5 Å². The zero-order chi connectivity index (χ0) is 6.85. The zero-order valence-corrected chi connectivity index (χ0v) is 5.00. The monoisotopic (exact) mass is 122 g/mol. The number of nitro groups is 1. The van der Waals surface area contributed by atoms with Gasteiger partial charge in [-0.1, -0.05) is 18.5 Å². The number of allylic oxidation sites excluding steroid dienone is 3. The molecule has 9 heavy (non-hydrogen) atoms. The first-order valence-electron chi connectivity index (χ1n) is 2.58. The molecule has 0 unspecified atom stereocenters. The minimum atomic E-state index is -0.396. The van der Waals surface area contributed by atoms with Crippen LogP contribution < -0.4 is 0 Å². The van der Waals surface area contributed by atoms with Gasteiger partial charge in [-0.15, -0.1) is 0 Å². The van der Waals surface area contributed by atoms with E-state index in [2.05, 4.69) is 0 Å². The second kappa shape index (κ2) is 2.05. The van der Waals surface area contributed by atoms with E-state index in [1.807, 2.05) is 6.92 Å². The highest BCUT2D eigenvalue weighted by Gasteiger charge is 2.16. The first-order chi connectivity index (χ1) is 4.20. The van der Waals surface area contributed by atoms with Gasteiger partial charge in [-0.2, -0.15) is 0 Å². The van der Waals surface area contributed by atoms with E-state index < -0.39 is 4.92 Å². The van der Waals surface area contributed by atoms with E-state index in [1.165, 1.54) is 6.08 Å². The summed E-state index contributed by atoms with van der Waals surface area (Å²) in [6, 6.07) is 0. The molecule has 0 spiro atoms. The highest BCUT2D eigenvalue weighted by atomic mass is 16.6. The van der Waals surface area contributed by atoms with Crippen molar-refractivity contribution >= 4 is 7.28 Å². The van der Waals surface area contributed by atoms with Gasteiger partial charge in [0.15, 0.2) is 5.60 Å². The summed E-state index contributed by atoms with van der Waals surface area (Å²) in [7, 11) is 1.54. The maximum Gasteiger partial charge on any atom is 0.285 e. The first kappa shape index (κ1) is 6.07. The Balaban J connectivity index is 2.64. The first-order valence-corrected chi connectivity index (χ1v) is 2.58. The summed E-state index contributed by atoms with van der Waals surface area (Å²) in [5.74, 6) is 0. The topological polar surface area (TPSA) is 43.1 Å². The molecule has 0 amide bonds. The molecule has 1 heterocycles. The van der Waals surface area contributed by atoms with Crippen molar-refractivity contribution in [2.24, 2.45) is 0 Å². The molecule has 3 nitrogen and oxygen atoms in total. The summed E-state index contributed by atoms with van der Waals surface area (Å²) >= 11 is 0. The molecule has 0 fully saturated rings. The van der Waals surface area contributed by atoms with E-state index in [0.717, 1.165) is 5.47 Å². The molecule has 0 saturated carbocycles. The maximum atomic E-state index is 10.0. The van der Waals surface area contributed by atoms with E-state index in [-0.39, 0.29) is 5.60 Å². The van der Waals surface area contributed by atoms with Gasteiger partial charge in [-0.3, -0.25) is 10.1 Å². The fraction of sp³-hybridized carbons (Fsp3) is 0.200. The second-order valence-corrected chi connectivity index (χ2v) is 1.90. The van der Waals surface area contributed by atoms with Crippen molar-refractivity contribution in [2.75, 3.05) is 0 Å². The normalized spacial score (nSPS) is 16.1. The average Bonchev–Trinajstić information content (AvgIpc) is 2.14. The van der Waals surface area contributed by atoms with Gasteiger partial charge in [0.2, 0.25) is 0 Å². The van der Waals surface area contributed by atoms with Crippen molar-refractivity contribution in [2.45, 2.75) is 6.92 Å². The summed E-state index contributed by atoms with van der Waals surface area (Å²) in [6.07, 6.45) is 3.22. The molecule has 4 heteroatoms. The van der Waals surface area contributed by atoms with Gasteiger partial charge >= 0.3 is 0 Å². The summed E-state index contributed by atoms with van der Waals surface area (Å²) in [5, 5.41) is 10.0. The van der Waals surface area contributed by atoms with E-state index in [9.17, 15) is 10.1 Å². The van der Waals surface area contributed by atoms with Crippen LogP contribution in [0.2, 0.25) is 0 Å². The van der Waals surface area contributed by atoms with E-state index in [0.29, 0.717) is 0 Å². The van der Waals surface area contributed by atoms with Crippen LogP contribution in [0.25, 0.3) is 0 Å². The van der Waals surface area contributed by atoms with Gasteiger partial charge in [0, 0.05) is 4.92 Å². The lowest BCUT2D eigenvalue weighted by atomic mass is 9.71. The van der Waals surface area contributed by atoms with Gasteiger partial charge in [0.1, 0.15) is 0 Å². The van der Waals surface area contributed by atoms with Crippen LogP contribution in [0.5, 0.6) is 0 Å². The molecule has 0 atom stereocenters. The fourth-order valence-electron chi connectivity index (χ4n) is 0.660. The molecule has 0 aromatic carbocycles. The number of hydrogen-bond acceptors (Lipinski definition) is 2. The third-order valence-corrected chi connectivity index (χ3v) is 1.10. The van der Waals surface area contributed by atoms with E-state index in [4.69, 9.17) is 0 Å². The maximum absolute atomic E-state index is 10.0. The lowest BCUT2D eigenvalue weighted by molar-refractivity contribution is -0.412. The predicted octanol–water partition coefficient (Wildman–Crippen LogP) is 0.726. The highest BCUT2D eigenvalue weighted by Crippen LogP contribution is 2.08. The molecule has 0 aromatic rings. The molecule has 0 saturated heterocycles. The van der Waals surface area contributed by atoms with Crippen LogP contribution >= 0.6 is 0 Å². The molecule has 1 aliphatic heterocycles. The molecule has 0 aliphatic carbocycles. The lowest BCUT2D eigenvalue weighted by Gasteiger charge is -1.86. The Morgan fingerprint density at radius 3 is 2.56 bits per heavy atom. The molecular formula is C5H5BNO2. The van der Waals surface area contributed by atoms with Gasteiger partial charge in [0.05, 0.1) is 0 Å².